The molecule has 1 aliphatic heterocycles. The van der Waals surface area contributed by atoms with Crippen molar-refractivity contribution in [1.29, 1.82) is 0 Å². The highest BCUT2D eigenvalue weighted by atomic mass is 16.5. The second-order valence-corrected chi connectivity index (χ2v) is 6.83. The molecule has 0 aromatic heterocycles. The summed E-state index contributed by atoms with van der Waals surface area (Å²) in [6.07, 6.45) is 8.46. The van der Waals surface area contributed by atoms with E-state index in [0.717, 1.165) is 43.4 Å². The van der Waals surface area contributed by atoms with Crippen LogP contribution in [-0.4, -0.2) is 23.7 Å². The Morgan fingerprint density at radius 3 is 1.89 bits per heavy atom. The number of ether oxygens (including phenoxy) is 1. The van der Waals surface area contributed by atoms with Crippen molar-refractivity contribution in [3.05, 3.63) is 0 Å². The summed E-state index contributed by atoms with van der Waals surface area (Å²) in [4.78, 5) is 21.3. The molecule has 1 saturated heterocycles. The Balaban J connectivity index is 0.000000155. The minimum Gasteiger partial charge on any atom is -0.481 e. The minimum atomic E-state index is -0.508. The van der Waals surface area contributed by atoms with E-state index in [1.807, 2.05) is 0 Å². The molecule has 5 aliphatic rings. The average Bonchev–Trinajstić information content (AvgIpc) is 2.79. The summed E-state index contributed by atoms with van der Waals surface area (Å²) in [6, 6.07) is 0. The molecule has 4 aliphatic carbocycles. The molecule has 1 N–H and O–H groups in total. The Hall–Kier alpha value is -1.06. The number of esters is 1. The van der Waals surface area contributed by atoms with E-state index in [2.05, 4.69) is 4.74 Å². The standard InChI is InChI=1S/C11H16O2.C4H6O2/c12-10(13)11-4-7-1-8(5-11)3-9(2-7)6-11;5-4-2-1-3-6-4/h7-9H,1-6H2,(H,12,13);1-3H2. The summed E-state index contributed by atoms with van der Waals surface area (Å²) in [7, 11) is 0. The number of carbonyl (C=O) groups excluding carboxylic acids is 1. The van der Waals surface area contributed by atoms with Gasteiger partial charge in [-0.2, -0.15) is 0 Å². The fourth-order valence-electron chi connectivity index (χ4n) is 4.85. The van der Waals surface area contributed by atoms with Crippen molar-refractivity contribution in [2.45, 2.75) is 51.4 Å². The van der Waals surface area contributed by atoms with Gasteiger partial charge in [-0.1, -0.05) is 0 Å². The maximum atomic E-state index is 11.3. The van der Waals surface area contributed by atoms with Gasteiger partial charge in [0.1, 0.15) is 0 Å². The van der Waals surface area contributed by atoms with Gasteiger partial charge in [-0.25, -0.2) is 0 Å². The molecule has 5 rings (SSSR count). The molecule has 4 nitrogen and oxygen atoms in total. The first-order valence-electron chi connectivity index (χ1n) is 7.46. The first-order valence-corrected chi connectivity index (χ1v) is 7.46. The molecule has 4 saturated carbocycles. The fourth-order valence-corrected chi connectivity index (χ4v) is 4.85. The molecule has 1 heterocycles. The van der Waals surface area contributed by atoms with Crippen LogP contribution in [0, 0.1) is 23.2 Å². The summed E-state index contributed by atoms with van der Waals surface area (Å²) in [6.45, 7) is 0.638. The first-order chi connectivity index (χ1) is 9.07. The maximum absolute atomic E-state index is 11.3. The highest BCUT2D eigenvalue weighted by molar-refractivity contribution is 5.75. The van der Waals surface area contributed by atoms with Gasteiger partial charge in [0.25, 0.3) is 0 Å². The molecule has 4 heteroatoms. The predicted molar refractivity (Wildman–Crippen MR) is 68.4 cm³/mol. The average molecular weight is 266 g/mol. The number of hydrogen-bond acceptors (Lipinski definition) is 3. The van der Waals surface area contributed by atoms with Crippen molar-refractivity contribution in [2.75, 3.05) is 6.61 Å². The Kier molecular flexibility index (Phi) is 3.27. The van der Waals surface area contributed by atoms with Gasteiger partial charge in [0, 0.05) is 6.42 Å². The predicted octanol–water partition coefficient (Wildman–Crippen LogP) is 2.61. The summed E-state index contributed by atoms with van der Waals surface area (Å²) in [5.74, 6) is 1.70. The van der Waals surface area contributed by atoms with Gasteiger partial charge in [0.15, 0.2) is 0 Å². The van der Waals surface area contributed by atoms with Crippen LogP contribution in [0.15, 0.2) is 0 Å². The number of carboxylic acids is 1. The van der Waals surface area contributed by atoms with Crippen LogP contribution >= 0.6 is 0 Å². The molecule has 0 aromatic carbocycles. The Morgan fingerprint density at radius 1 is 1.11 bits per heavy atom. The summed E-state index contributed by atoms with van der Waals surface area (Å²) in [5, 5.41) is 9.28. The van der Waals surface area contributed by atoms with Crippen molar-refractivity contribution in [1.82, 2.24) is 0 Å². The Bertz CT molecular complexity index is 344. The van der Waals surface area contributed by atoms with E-state index < -0.39 is 5.97 Å². The third kappa shape index (κ3) is 2.49. The summed E-state index contributed by atoms with van der Waals surface area (Å²) < 4.78 is 4.51. The molecule has 0 aromatic rings. The van der Waals surface area contributed by atoms with Gasteiger partial charge in [0.05, 0.1) is 12.0 Å². The first kappa shape index (κ1) is 12.9. The number of cyclic esters (lactones) is 1. The lowest BCUT2D eigenvalue weighted by Crippen LogP contribution is -2.49. The number of hydrogen-bond donors (Lipinski definition) is 1. The van der Waals surface area contributed by atoms with E-state index >= 15 is 0 Å². The zero-order valence-electron chi connectivity index (χ0n) is 11.3. The van der Waals surface area contributed by atoms with E-state index in [1.54, 1.807) is 0 Å². The molecule has 0 unspecified atom stereocenters. The van der Waals surface area contributed by atoms with Crippen molar-refractivity contribution < 1.29 is 19.4 Å². The van der Waals surface area contributed by atoms with Crippen LogP contribution in [0.5, 0.6) is 0 Å². The smallest absolute Gasteiger partial charge is 0.309 e. The fraction of sp³-hybridized carbons (Fsp3) is 0.867. The number of carboxylic acid groups (broad SMARTS) is 1. The van der Waals surface area contributed by atoms with Gasteiger partial charge >= 0.3 is 11.9 Å². The van der Waals surface area contributed by atoms with E-state index in [9.17, 15) is 14.7 Å². The van der Waals surface area contributed by atoms with Crippen LogP contribution in [0.1, 0.15) is 51.4 Å². The summed E-state index contributed by atoms with van der Waals surface area (Å²) >= 11 is 0. The molecule has 0 amide bonds. The van der Waals surface area contributed by atoms with Crippen LogP contribution in [-0.2, 0) is 14.3 Å². The van der Waals surface area contributed by atoms with Crippen molar-refractivity contribution in [3.63, 3.8) is 0 Å². The lowest BCUT2D eigenvalue weighted by atomic mass is 9.49. The van der Waals surface area contributed by atoms with Crippen LogP contribution in [0.3, 0.4) is 0 Å². The van der Waals surface area contributed by atoms with Gasteiger partial charge in [0.2, 0.25) is 0 Å². The molecular formula is C15H22O4. The molecule has 106 valence electrons. The van der Waals surface area contributed by atoms with Gasteiger partial charge < -0.3 is 9.84 Å². The third-order valence-electron chi connectivity index (χ3n) is 5.28. The van der Waals surface area contributed by atoms with Crippen LogP contribution in [0.4, 0.5) is 0 Å². The Labute approximate surface area is 113 Å². The second kappa shape index (κ2) is 4.80. The van der Waals surface area contributed by atoms with Crippen LogP contribution in [0.25, 0.3) is 0 Å². The van der Waals surface area contributed by atoms with Gasteiger partial charge in [-0.05, 0) is 62.7 Å². The van der Waals surface area contributed by atoms with Crippen molar-refractivity contribution in [3.8, 4) is 0 Å². The molecule has 0 atom stereocenters. The van der Waals surface area contributed by atoms with Crippen LogP contribution < -0.4 is 0 Å². The largest absolute Gasteiger partial charge is 0.481 e. The second-order valence-electron chi connectivity index (χ2n) is 6.83. The zero-order valence-corrected chi connectivity index (χ0v) is 11.3. The van der Waals surface area contributed by atoms with Gasteiger partial charge in [-0.15, -0.1) is 0 Å². The zero-order chi connectivity index (χ0) is 13.5. The summed E-state index contributed by atoms with van der Waals surface area (Å²) in [5.41, 5.74) is -0.283. The highest BCUT2D eigenvalue weighted by Crippen LogP contribution is 2.59. The molecule has 19 heavy (non-hydrogen) atoms. The lowest BCUT2D eigenvalue weighted by Gasteiger charge is -2.54. The van der Waals surface area contributed by atoms with Crippen molar-refractivity contribution >= 4 is 11.9 Å². The SMILES string of the molecule is O=C(O)C12CC3CC(CC(C3)C1)C2.O=C1CCCO1. The third-order valence-corrected chi connectivity index (χ3v) is 5.28. The molecule has 5 fully saturated rings. The maximum Gasteiger partial charge on any atom is 0.309 e. The Morgan fingerprint density at radius 2 is 1.63 bits per heavy atom. The quantitative estimate of drug-likeness (QED) is 0.741. The highest BCUT2D eigenvalue weighted by Gasteiger charge is 2.54. The van der Waals surface area contributed by atoms with E-state index in [1.165, 1.54) is 19.3 Å². The molecule has 4 bridgehead atoms. The minimum absolute atomic E-state index is 0.0463. The van der Waals surface area contributed by atoms with Gasteiger partial charge in [-0.3, -0.25) is 9.59 Å². The number of rotatable bonds is 1. The monoisotopic (exact) mass is 266 g/mol. The topological polar surface area (TPSA) is 63.6 Å². The van der Waals surface area contributed by atoms with Crippen LogP contribution in [0.2, 0.25) is 0 Å². The van der Waals surface area contributed by atoms with E-state index in [0.29, 0.717) is 13.0 Å². The molecular weight excluding hydrogens is 244 g/mol. The van der Waals surface area contributed by atoms with Crippen molar-refractivity contribution in [2.24, 2.45) is 23.2 Å². The lowest BCUT2D eigenvalue weighted by molar-refractivity contribution is -0.164. The van der Waals surface area contributed by atoms with E-state index in [4.69, 9.17) is 0 Å². The van der Waals surface area contributed by atoms with E-state index in [-0.39, 0.29) is 11.4 Å². The number of aliphatic carboxylic acids is 1. The molecule has 0 radical (unpaired) electrons. The number of carbonyl (C=O) groups is 2. The normalized spacial score (nSPS) is 42.5. The molecule has 0 spiro atoms.